The zero-order valence-corrected chi connectivity index (χ0v) is 19.9. The fourth-order valence-electron chi connectivity index (χ4n) is 4.06. The Morgan fingerprint density at radius 2 is 0.839 bits per heavy atom. The molecular formula is C28H23O2Sb. The van der Waals surface area contributed by atoms with Gasteiger partial charge in [0.2, 0.25) is 0 Å². The molecule has 4 aromatic rings. The van der Waals surface area contributed by atoms with Crippen molar-refractivity contribution in [3.63, 3.8) is 0 Å². The molecule has 3 heteroatoms. The third-order valence-corrected chi connectivity index (χ3v) is 17.9. The number of ketones is 2. The van der Waals surface area contributed by atoms with Gasteiger partial charge >= 0.3 is 187 Å². The molecule has 0 spiro atoms. The van der Waals surface area contributed by atoms with E-state index < -0.39 is 18.3 Å². The molecule has 0 bridgehead atoms. The monoisotopic (exact) mass is 512 g/mol. The quantitative estimate of drug-likeness (QED) is 0.225. The van der Waals surface area contributed by atoms with E-state index in [4.69, 9.17) is 0 Å². The van der Waals surface area contributed by atoms with Crippen LogP contribution < -0.4 is 10.5 Å². The molecule has 152 valence electrons. The van der Waals surface area contributed by atoms with Crippen LogP contribution in [-0.4, -0.2) is 33.3 Å². The second kappa shape index (κ2) is 9.37. The molecule has 0 atom stereocenters. The van der Waals surface area contributed by atoms with Gasteiger partial charge in [0.1, 0.15) is 0 Å². The molecule has 0 aromatic heterocycles. The van der Waals surface area contributed by atoms with Gasteiger partial charge in [-0.15, -0.1) is 0 Å². The number of Topliss-reactive ketones (excluding diaryl/α,β-unsaturated/α-hetero) is 2. The molecule has 0 radical (unpaired) electrons. The molecule has 4 aromatic carbocycles. The summed E-state index contributed by atoms with van der Waals surface area (Å²) in [6, 6.07) is 39.5. The Bertz CT molecular complexity index is 1140. The van der Waals surface area contributed by atoms with Crippen LogP contribution in [0.2, 0.25) is 0 Å². The van der Waals surface area contributed by atoms with E-state index in [2.05, 4.69) is 36.4 Å². The molecule has 0 fully saturated rings. The van der Waals surface area contributed by atoms with Crippen molar-refractivity contribution in [2.45, 2.75) is 6.92 Å². The molecule has 0 unspecified atom stereocenters. The van der Waals surface area contributed by atoms with Gasteiger partial charge in [-0.2, -0.15) is 0 Å². The van der Waals surface area contributed by atoms with Gasteiger partial charge in [-0.3, -0.25) is 0 Å². The van der Waals surface area contributed by atoms with Crippen LogP contribution in [0.25, 0.3) is 0 Å². The first-order valence-corrected chi connectivity index (χ1v) is 15.3. The van der Waals surface area contributed by atoms with Crippen molar-refractivity contribution in [2.24, 2.45) is 0 Å². The summed E-state index contributed by atoms with van der Waals surface area (Å²) in [7, 11) is 0. The summed E-state index contributed by atoms with van der Waals surface area (Å²) < 4.78 is 3.67. The fraction of sp³-hybridized carbons (Fsp3) is 0.0357. The standard InChI is InChI=1S/C10H8O2.3C6H5.Sb/c1-8(11)7-10(12)9-5-3-2-4-6-9;3*1-2-4-6-5-3-1;/h2-6H,1H3;3*1-5H;. The summed E-state index contributed by atoms with van der Waals surface area (Å²) in [6.07, 6.45) is 0. The minimum absolute atomic E-state index is 0.156. The first-order valence-electron chi connectivity index (χ1n) is 10.2. The number of benzene rings is 4. The van der Waals surface area contributed by atoms with E-state index in [0.717, 1.165) is 10.5 Å². The van der Waals surface area contributed by atoms with E-state index in [0.29, 0.717) is 9.01 Å². The van der Waals surface area contributed by atoms with Crippen molar-refractivity contribution < 1.29 is 9.59 Å². The Kier molecular flexibility index (Phi) is 6.39. The Hall–Kier alpha value is -3.09. The molecule has 4 rings (SSSR count). The van der Waals surface area contributed by atoms with E-state index in [1.54, 1.807) is 12.1 Å². The van der Waals surface area contributed by atoms with Crippen LogP contribution >= 0.6 is 0 Å². The van der Waals surface area contributed by atoms with Crippen molar-refractivity contribution in [2.75, 3.05) is 0 Å². The third kappa shape index (κ3) is 3.96. The van der Waals surface area contributed by atoms with Crippen molar-refractivity contribution in [3.8, 4) is 0 Å². The topological polar surface area (TPSA) is 34.1 Å². The fourth-order valence-corrected chi connectivity index (χ4v) is 16.7. The van der Waals surface area contributed by atoms with E-state index in [1.165, 1.54) is 6.92 Å². The molecule has 0 saturated heterocycles. The molecule has 0 aliphatic heterocycles. The van der Waals surface area contributed by atoms with Gasteiger partial charge in [-0.1, -0.05) is 0 Å². The first kappa shape index (κ1) is 21.2. The Morgan fingerprint density at radius 1 is 0.516 bits per heavy atom. The van der Waals surface area contributed by atoms with Crippen LogP contribution in [0, 0.1) is 0 Å². The number of rotatable bonds is 6. The minimum atomic E-state index is -4.07. The van der Waals surface area contributed by atoms with Gasteiger partial charge in [-0.05, 0) is 0 Å². The van der Waals surface area contributed by atoms with E-state index in [-0.39, 0.29) is 11.6 Å². The predicted octanol–water partition coefficient (Wildman–Crippen LogP) is 3.38. The SMILES string of the molecule is CC(=O)[C](C(=O)c1ccccc1)=[Sb]([c]1ccccc1)([c]1ccccc1)[c]1ccccc1. The second-order valence-corrected chi connectivity index (χ2v) is 16.8. The second-order valence-electron chi connectivity index (χ2n) is 7.28. The van der Waals surface area contributed by atoms with Gasteiger partial charge in [0.15, 0.2) is 0 Å². The van der Waals surface area contributed by atoms with Crippen LogP contribution in [0.1, 0.15) is 17.3 Å². The van der Waals surface area contributed by atoms with Crippen molar-refractivity contribution in [1.82, 2.24) is 0 Å². The number of hydrogen-bond donors (Lipinski definition) is 0. The van der Waals surface area contributed by atoms with Crippen LogP contribution in [-0.2, 0) is 4.79 Å². The Labute approximate surface area is 186 Å². The zero-order valence-electron chi connectivity index (χ0n) is 17.3. The molecule has 0 saturated carbocycles. The van der Waals surface area contributed by atoms with Crippen LogP contribution in [0.5, 0.6) is 0 Å². The summed E-state index contributed by atoms with van der Waals surface area (Å²) in [5.74, 6) is -0.327. The number of carbonyl (C=O) groups is 2. The van der Waals surface area contributed by atoms with E-state index >= 15 is 0 Å². The molecule has 0 heterocycles. The van der Waals surface area contributed by atoms with Gasteiger partial charge in [0.25, 0.3) is 0 Å². The van der Waals surface area contributed by atoms with Crippen LogP contribution in [0.4, 0.5) is 0 Å². The van der Waals surface area contributed by atoms with Gasteiger partial charge in [-0.25, -0.2) is 0 Å². The normalized spacial score (nSPS) is 11.0. The maximum absolute atomic E-state index is 13.9. The molecule has 0 N–H and O–H groups in total. The number of carbonyl (C=O) groups excluding carboxylic acids is 2. The van der Waals surface area contributed by atoms with Gasteiger partial charge in [0.05, 0.1) is 0 Å². The molecule has 0 aliphatic rings. The summed E-state index contributed by atoms with van der Waals surface area (Å²) in [4.78, 5) is 27.3. The van der Waals surface area contributed by atoms with Crippen molar-refractivity contribution >= 4 is 43.9 Å². The zero-order chi connectivity index (χ0) is 21.7. The average Bonchev–Trinajstić information content (AvgIpc) is 2.84. The molecular weight excluding hydrogens is 490 g/mol. The first-order chi connectivity index (χ1) is 15.2. The summed E-state index contributed by atoms with van der Waals surface area (Å²) in [5, 5.41) is 0. The summed E-state index contributed by atoms with van der Waals surface area (Å²) in [5.41, 5.74) is 0.550. The van der Waals surface area contributed by atoms with E-state index in [1.807, 2.05) is 72.8 Å². The van der Waals surface area contributed by atoms with Crippen molar-refractivity contribution in [1.29, 1.82) is 0 Å². The van der Waals surface area contributed by atoms with Crippen LogP contribution in [0.15, 0.2) is 121 Å². The summed E-state index contributed by atoms with van der Waals surface area (Å²) in [6.45, 7) is 1.54. The number of hydrogen-bond acceptors (Lipinski definition) is 2. The van der Waals surface area contributed by atoms with Crippen molar-refractivity contribution in [3.05, 3.63) is 127 Å². The summed E-state index contributed by atoms with van der Waals surface area (Å²) >= 11 is -4.07. The average molecular weight is 513 g/mol. The predicted molar refractivity (Wildman–Crippen MR) is 130 cm³/mol. The molecule has 31 heavy (non-hydrogen) atoms. The van der Waals surface area contributed by atoms with Crippen LogP contribution in [0.3, 0.4) is 0 Å². The third-order valence-electron chi connectivity index (χ3n) is 5.35. The van der Waals surface area contributed by atoms with E-state index in [9.17, 15) is 9.59 Å². The maximum atomic E-state index is 13.9. The Morgan fingerprint density at radius 3 is 1.16 bits per heavy atom. The molecule has 0 aliphatic carbocycles. The Balaban J connectivity index is 2.25. The molecule has 2 nitrogen and oxygen atoms in total. The molecule has 0 amide bonds. The van der Waals surface area contributed by atoms with Gasteiger partial charge in [0, 0.05) is 0 Å². The van der Waals surface area contributed by atoms with Gasteiger partial charge < -0.3 is 0 Å².